The van der Waals surface area contributed by atoms with Crippen LogP contribution in [0.25, 0.3) is 0 Å². The van der Waals surface area contributed by atoms with Gasteiger partial charge in [0.2, 0.25) is 0 Å². The molecule has 33 heavy (non-hydrogen) atoms. The van der Waals surface area contributed by atoms with Crippen molar-refractivity contribution < 1.29 is 37.8 Å². The molecule has 2 aromatic rings. The zero-order valence-corrected chi connectivity index (χ0v) is 19.0. The van der Waals surface area contributed by atoms with E-state index >= 15 is 0 Å². The van der Waals surface area contributed by atoms with Crippen LogP contribution in [0.1, 0.15) is 48.6 Å². The molecule has 4 amide bonds. The molecule has 1 aliphatic rings. The Kier molecular flexibility index (Phi) is 7.37. The average molecular weight is 458 g/mol. The maximum absolute atomic E-state index is 13.0. The molecule has 1 aromatic carbocycles. The molecule has 0 atom stereocenters. The molecule has 2 heterocycles. The fourth-order valence-electron chi connectivity index (χ4n) is 3.25. The number of imide groups is 2. The third-order valence-corrected chi connectivity index (χ3v) is 4.85. The average Bonchev–Trinajstić information content (AvgIpc) is 3.28. The van der Waals surface area contributed by atoms with Crippen molar-refractivity contribution in [2.75, 3.05) is 25.2 Å². The van der Waals surface area contributed by atoms with Gasteiger partial charge in [0.25, 0.3) is 0 Å². The highest BCUT2D eigenvalue weighted by atomic mass is 16.5. The molecule has 0 spiro atoms. The van der Waals surface area contributed by atoms with E-state index in [0.717, 1.165) is 22.6 Å². The van der Waals surface area contributed by atoms with E-state index in [0.29, 0.717) is 24.7 Å². The number of rotatable bonds is 10. The minimum absolute atomic E-state index is 0.166. The summed E-state index contributed by atoms with van der Waals surface area (Å²) < 4.78 is 21.6. The second-order valence-electron chi connectivity index (χ2n) is 7.32. The number of nitrogens with zero attached hydrogens (tertiary/aromatic N) is 2. The van der Waals surface area contributed by atoms with Crippen LogP contribution < -0.4 is 14.4 Å². The van der Waals surface area contributed by atoms with Crippen molar-refractivity contribution in [1.82, 2.24) is 4.90 Å². The number of esters is 1. The van der Waals surface area contributed by atoms with Gasteiger partial charge in [0.15, 0.2) is 11.5 Å². The SMILES string of the molecule is CCCOc1ccc(N2C(=O)C(=O)N(Cc3cc(C(=O)OC)c(C)o3)C2=O)cc1OCCC. The van der Waals surface area contributed by atoms with Gasteiger partial charge in [-0.2, -0.15) is 0 Å². The Morgan fingerprint density at radius 1 is 0.970 bits per heavy atom. The Labute approximate surface area is 191 Å². The number of carbonyl (C=O) groups is 4. The summed E-state index contributed by atoms with van der Waals surface area (Å²) in [4.78, 5) is 51.6. The molecule has 0 radical (unpaired) electrons. The molecule has 176 valence electrons. The van der Waals surface area contributed by atoms with E-state index in [1.165, 1.54) is 25.3 Å². The van der Waals surface area contributed by atoms with Crippen molar-refractivity contribution in [2.45, 2.75) is 40.2 Å². The van der Waals surface area contributed by atoms with E-state index in [2.05, 4.69) is 4.74 Å². The normalized spacial score (nSPS) is 13.6. The lowest BCUT2D eigenvalue weighted by molar-refractivity contribution is -0.139. The molecular weight excluding hydrogens is 432 g/mol. The Morgan fingerprint density at radius 2 is 1.64 bits per heavy atom. The molecule has 0 saturated carbocycles. The smallest absolute Gasteiger partial charge is 0.341 e. The monoisotopic (exact) mass is 458 g/mol. The molecule has 0 bridgehead atoms. The van der Waals surface area contributed by atoms with Gasteiger partial charge in [0.1, 0.15) is 17.1 Å². The number of hydrogen-bond acceptors (Lipinski definition) is 8. The fourth-order valence-corrected chi connectivity index (χ4v) is 3.25. The molecule has 0 aliphatic carbocycles. The molecular formula is C23H26N2O8. The third kappa shape index (κ3) is 4.84. The molecule has 1 aliphatic heterocycles. The van der Waals surface area contributed by atoms with Crippen molar-refractivity contribution in [3.8, 4) is 11.5 Å². The number of benzene rings is 1. The van der Waals surface area contributed by atoms with Crippen LogP contribution in [0.3, 0.4) is 0 Å². The Bertz CT molecular complexity index is 1070. The number of methoxy groups -OCH3 is 1. The highest BCUT2D eigenvalue weighted by Gasteiger charge is 2.46. The van der Waals surface area contributed by atoms with E-state index < -0.39 is 23.8 Å². The quantitative estimate of drug-likeness (QED) is 0.302. The van der Waals surface area contributed by atoms with Crippen molar-refractivity contribution in [2.24, 2.45) is 0 Å². The van der Waals surface area contributed by atoms with Gasteiger partial charge in [0, 0.05) is 6.07 Å². The summed E-state index contributed by atoms with van der Waals surface area (Å²) in [5.74, 6) is -1.31. The van der Waals surface area contributed by atoms with Crippen molar-refractivity contribution >= 4 is 29.5 Å². The molecule has 0 unspecified atom stereocenters. The van der Waals surface area contributed by atoms with Crippen molar-refractivity contribution in [1.29, 1.82) is 0 Å². The molecule has 10 nitrogen and oxygen atoms in total. The van der Waals surface area contributed by atoms with E-state index in [-0.39, 0.29) is 29.3 Å². The van der Waals surface area contributed by atoms with Crippen LogP contribution in [0.4, 0.5) is 10.5 Å². The Balaban J connectivity index is 1.86. The van der Waals surface area contributed by atoms with E-state index in [1.807, 2.05) is 13.8 Å². The summed E-state index contributed by atoms with van der Waals surface area (Å²) >= 11 is 0. The molecule has 10 heteroatoms. The zero-order chi connectivity index (χ0) is 24.1. The van der Waals surface area contributed by atoms with Gasteiger partial charge in [-0.05, 0) is 38.0 Å². The summed E-state index contributed by atoms with van der Waals surface area (Å²) in [5.41, 5.74) is 0.358. The van der Waals surface area contributed by atoms with Gasteiger partial charge in [-0.1, -0.05) is 13.8 Å². The lowest BCUT2D eigenvalue weighted by atomic mass is 10.2. The number of furan rings is 1. The summed E-state index contributed by atoms with van der Waals surface area (Å²) in [6.07, 6.45) is 1.55. The van der Waals surface area contributed by atoms with Crippen LogP contribution in [0.2, 0.25) is 0 Å². The summed E-state index contributed by atoms with van der Waals surface area (Å²) in [6.45, 7) is 6.06. The maximum Gasteiger partial charge on any atom is 0.341 e. The number of urea groups is 1. The van der Waals surface area contributed by atoms with Gasteiger partial charge in [-0.25, -0.2) is 19.4 Å². The van der Waals surface area contributed by atoms with Crippen LogP contribution in [0.15, 0.2) is 28.7 Å². The van der Waals surface area contributed by atoms with E-state index in [9.17, 15) is 19.2 Å². The van der Waals surface area contributed by atoms with Gasteiger partial charge < -0.3 is 18.6 Å². The first-order chi connectivity index (χ1) is 15.8. The number of carbonyl (C=O) groups excluding carboxylic acids is 4. The predicted octanol–water partition coefficient (Wildman–Crippen LogP) is 3.45. The third-order valence-electron chi connectivity index (χ3n) is 4.85. The second kappa shape index (κ2) is 10.2. The molecule has 3 rings (SSSR count). The molecule has 1 aromatic heterocycles. The van der Waals surface area contributed by atoms with Crippen molar-refractivity contribution in [3.05, 3.63) is 41.3 Å². The molecule has 1 fully saturated rings. The van der Waals surface area contributed by atoms with Gasteiger partial charge in [-0.3, -0.25) is 9.59 Å². The first-order valence-corrected chi connectivity index (χ1v) is 10.6. The lowest BCUT2D eigenvalue weighted by Crippen LogP contribution is -2.33. The number of anilines is 1. The van der Waals surface area contributed by atoms with Crippen LogP contribution in [-0.4, -0.2) is 49.0 Å². The maximum atomic E-state index is 13.0. The van der Waals surface area contributed by atoms with Gasteiger partial charge in [-0.15, -0.1) is 0 Å². The minimum atomic E-state index is -1.00. The largest absolute Gasteiger partial charge is 0.490 e. The van der Waals surface area contributed by atoms with Crippen LogP contribution >= 0.6 is 0 Å². The van der Waals surface area contributed by atoms with Crippen molar-refractivity contribution in [3.63, 3.8) is 0 Å². The Morgan fingerprint density at radius 3 is 2.27 bits per heavy atom. The predicted molar refractivity (Wildman–Crippen MR) is 116 cm³/mol. The highest BCUT2D eigenvalue weighted by molar-refractivity contribution is 6.52. The topological polar surface area (TPSA) is 116 Å². The number of aryl methyl sites for hydroxylation is 1. The summed E-state index contributed by atoms with van der Waals surface area (Å²) in [6, 6.07) is 5.16. The van der Waals surface area contributed by atoms with Crippen LogP contribution in [-0.2, 0) is 20.9 Å². The first kappa shape index (κ1) is 23.8. The highest BCUT2D eigenvalue weighted by Crippen LogP contribution is 2.34. The number of ether oxygens (including phenoxy) is 3. The first-order valence-electron chi connectivity index (χ1n) is 10.6. The van der Waals surface area contributed by atoms with Crippen LogP contribution in [0, 0.1) is 6.92 Å². The molecule has 1 saturated heterocycles. The minimum Gasteiger partial charge on any atom is -0.490 e. The summed E-state index contributed by atoms with van der Waals surface area (Å²) in [5, 5.41) is 0. The standard InChI is InChI=1S/C23H26N2O8/c1-5-9-31-18-8-7-15(11-19(18)32-10-6-2)25-21(27)20(26)24(23(25)29)13-16-12-17(14(3)33-16)22(28)30-4/h7-8,11-12H,5-6,9-10,13H2,1-4H3. The van der Waals surface area contributed by atoms with E-state index in [4.69, 9.17) is 13.9 Å². The Hall–Kier alpha value is -3.82. The van der Waals surface area contributed by atoms with E-state index in [1.54, 1.807) is 13.0 Å². The number of hydrogen-bond donors (Lipinski definition) is 0. The zero-order valence-electron chi connectivity index (χ0n) is 19.0. The van der Waals surface area contributed by atoms with Gasteiger partial charge in [0.05, 0.1) is 32.6 Å². The van der Waals surface area contributed by atoms with Gasteiger partial charge >= 0.3 is 23.8 Å². The number of amides is 4. The second-order valence-corrected chi connectivity index (χ2v) is 7.32. The van der Waals surface area contributed by atoms with Crippen LogP contribution in [0.5, 0.6) is 11.5 Å². The fraction of sp³-hybridized carbons (Fsp3) is 0.391. The summed E-state index contributed by atoms with van der Waals surface area (Å²) in [7, 11) is 1.23. The molecule has 0 N–H and O–H groups in total. The lowest BCUT2D eigenvalue weighted by Gasteiger charge is -2.18.